The topological polar surface area (TPSA) is 64.1 Å². The van der Waals surface area contributed by atoms with E-state index in [2.05, 4.69) is 15.5 Å². The number of ether oxygens (including phenoxy) is 1. The van der Waals surface area contributed by atoms with Crippen LogP contribution < -0.4 is 5.32 Å². The molecule has 0 fully saturated rings. The summed E-state index contributed by atoms with van der Waals surface area (Å²) in [5.74, 6) is 0.411. The van der Waals surface area contributed by atoms with Gasteiger partial charge in [0.1, 0.15) is 5.51 Å². The molecule has 0 aromatic carbocycles. The Morgan fingerprint density at radius 1 is 1.73 bits per heavy atom. The molecule has 1 N–H and O–H groups in total. The third-order valence-corrected chi connectivity index (χ3v) is 3.37. The zero-order valence-corrected chi connectivity index (χ0v) is 10.1. The first kappa shape index (κ1) is 12.4. The number of nitrogens with one attached hydrogen (secondary N) is 1. The summed E-state index contributed by atoms with van der Waals surface area (Å²) in [5, 5.41) is 10.3. The van der Waals surface area contributed by atoms with Crippen molar-refractivity contribution in [2.75, 3.05) is 26.0 Å². The molecular weight excluding hydrogens is 234 g/mol. The van der Waals surface area contributed by atoms with E-state index in [0.717, 1.165) is 10.8 Å². The van der Waals surface area contributed by atoms with Crippen LogP contribution in [0.4, 0.5) is 0 Å². The first-order chi connectivity index (χ1) is 7.33. The Bertz CT molecular complexity index is 279. The maximum Gasteiger partial charge on any atom is 0.230 e. The van der Waals surface area contributed by atoms with Crippen LogP contribution in [0.15, 0.2) is 9.85 Å². The summed E-state index contributed by atoms with van der Waals surface area (Å²) >= 11 is 2.84. The molecule has 84 valence electrons. The van der Waals surface area contributed by atoms with Gasteiger partial charge in [-0.2, -0.15) is 0 Å². The molecule has 0 saturated heterocycles. The lowest BCUT2D eigenvalue weighted by Crippen LogP contribution is -2.26. The van der Waals surface area contributed by atoms with Gasteiger partial charge in [-0.15, -0.1) is 10.2 Å². The van der Waals surface area contributed by atoms with Crippen LogP contribution in [0.5, 0.6) is 0 Å². The third-order valence-electron chi connectivity index (χ3n) is 1.51. The molecule has 0 aliphatic heterocycles. The summed E-state index contributed by atoms with van der Waals surface area (Å²) in [6.45, 7) is 1.33. The molecule has 0 atom stereocenters. The van der Waals surface area contributed by atoms with Crippen LogP contribution in [-0.4, -0.2) is 42.1 Å². The second-order valence-corrected chi connectivity index (χ2v) is 4.75. The number of thioether (sulfide) groups is 1. The van der Waals surface area contributed by atoms with Gasteiger partial charge in [0.2, 0.25) is 5.91 Å². The largest absolute Gasteiger partial charge is 0.385 e. The highest BCUT2D eigenvalue weighted by molar-refractivity contribution is 8.01. The van der Waals surface area contributed by atoms with Gasteiger partial charge in [-0.1, -0.05) is 23.1 Å². The number of carbonyl (C=O) groups is 1. The molecule has 5 nitrogen and oxygen atoms in total. The van der Waals surface area contributed by atoms with Gasteiger partial charge >= 0.3 is 0 Å². The molecule has 0 aliphatic carbocycles. The van der Waals surface area contributed by atoms with Crippen molar-refractivity contribution in [3.05, 3.63) is 5.51 Å². The van der Waals surface area contributed by atoms with Crippen LogP contribution in [0.25, 0.3) is 0 Å². The molecule has 0 spiro atoms. The molecule has 15 heavy (non-hydrogen) atoms. The van der Waals surface area contributed by atoms with E-state index in [4.69, 9.17) is 4.74 Å². The fourth-order valence-electron chi connectivity index (χ4n) is 0.848. The Kier molecular flexibility index (Phi) is 6.29. The van der Waals surface area contributed by atoms with Crippen LogP contribution in [-0.2, 0) is 9.53 Å². The highest BCUT2D eigenvalue weighted by Crippen LogP contribution is 2.17. The summed E-state index contributed by atoms with van der Waals surface area (Å²) in [6, 6.07) is 0. The van der Waals surface area contributed by atoms with Gasteiger partial charge in [0, 0.05) is 20.3 Å². The van der Waals surface area contributed by atoms with Crippen molar-refractivity contribution in [1.82, 2.24) is 15.5 Å². The fourth-order valence-corrected chi connectivity index (χ4v) is 2.17. The van der Waals surface area contributed by atoms with E-state index in [9.17, 15) is 4.79 Å². The van der Waals surface area contributed by atoms with E-state index in [-0.39, 0.29) is 5.91 Å². The minimum atomic E-state index is 0.0197. The number of rotatable bonds is 7. The third kappa shape index (κ3) is 5.71. The number of amides is 1. The smallest absolute Gasteiger partial charge is 0.230 e. The molecule has 1 aromatic heterocycles. The van der Waals surface area contributed by atoms with E-state index in [1.807, 2.05) is 0 Å². The van der Waals surface area contributed by atoms with Crippen LogP contribution >= 0.6 is 23.1 Å². The summed E-state index contributed by atoms with van der Waals surface area (Å²) < 4.78 is 5.69. The Morgan fingerprint density at radius 3 is 3.27 bits per heavy atom. The van der Waals surface area contributed by atoms with Crippen molar-refractivity contribution >= 4 is 29.0 Å². The monoisotopic (exact) mass is 247 g/mol. The molecular formula is C8H13N3O2S2. The predicted molar refractivity (Wildman–Crippen MR) is 60.1 cm³/mol. The van der Waals surface area contributed by atoms with Gasteiger partial charge in [-0.05, 0) is 6.42 Å². The summed E-state index contributed by atoms with van der Waals surface area (Å²) in [5.41, 5.74) is 1.65. The van der Waals surface area contributed by atoms with Crippen LogP contribution in [0.3, 0.4) is 0 Å². The van der Waals surface area contributed by atoms with Gasteiger partial charge in [-0.3, -0.25) is 4.79 Å². The van der Waals surface area contributed by atoms with Crippen LogP contribution in [0, 0.1) is 0 Å². The van der Waals surface area contributed by atoms with Gasteiger partial charge in [0.25, 0.3) is 0 Å². The maximum atomic E-state index is 11.3. The number of hydrogen-bond donors (Lipinski definition) is 1. The molecule has 0 aliphatic rings. The van der Waals surface area contributed by atoms with Crippen molar-refractivity contribution in [3.63, 3.8) is 0 Å². The first-order valence-corrected chi connectivity index (χ1v) is 6.34. The van der Waals surface area contributed by atoms with Gasteiger partial charge < -0.3 is 10.1 Å². The van der Waals surface area contributed by atoms with Gasteiger partial charge in [0.05, 0.1) is 5.75 Å². The molecule has 1 heterocycles. The Morgan fingerprint density at radius 2 is 2.60 bits per heavy atom. The van der Waals surface area contributed by atoms with E-state index >= 15 is 0 Å². The number of carbonyl (C=O) groups excluding carboxylic acids is 1. The highest BCUT2D eigenvalue weighted by Gasteiger charge is 2.03. The highest BCUT2D eigenvalue weighted by atomic mass is 32.2. The number of methoxy groups -OCH3 is 1. The van der Waals surface area contributed by atoms with Crippen molar-refractivity contribution < 1.29 is 9.53 Å². The summed E-state index contributed by atoms with van der Waals surface area (Å²) in [6.07, 6.45) is 0.839. The van der Waals surface area contributed by atoms with Crippen molar-refractivity contribution in [2.24, 2.45) is 0 Å². The van der Waals surface area contributed by atoms with Crippen molar-refractivity contribution in [1.29, 1.82) is 0 Å². The Balaban J connectivity index is 2.04. The lowest BCUT2D eigenvalue weighted by Gasteiger charge is -2.02. The quantitative estimate of drug-likeness (QED) is 0.570. The van der Waals surface area contributed by atoms with Crippen molar-refractivity contribution in [3.8, 4) is 0 Å². The minimum absolute atomic E-state index is 0.0197. The molecule has 0 radical (unpaired) electrons. The maximum absolute atomic E-state index is 11.3. The number of hydrogen-bond acceptors (Lipinski definition) is 6. The first-order valence-electron chi connectivity index (χ1n) is 4.47. The van der Waals surface area contributed by atoms with Gasteiger partial charge in [-0.25, -0.2) is 0 Å². The number of aromatic nitrogens is 2. The minimum Gasteiger partial charge on any atom is -0.385 e. The lowest BCUT2D eigenvalue weighted by atomic mass is 10.4. The molecule has 0 saturated carbocycles. The van der Waals surface area contributed by atoms with Crippen LogP contribution in [0.2, 0.25) is 0 Å². The van der Waals surface area contributed by atoms with Crippen molar-refractivity contribution in [2.45, 2.75) is 10.8 Å². The zero-order chi connectivity index (χ0) is 10.9. The zero-order valence-electron chi connectivity index (χ0n) is 8.43. The van der Waals surface area contributed by atoms with E-state index < -0.39 is 0 Å². The predicted octanol–water partition coefficient (Wildman–Crippen LogP) is 0.783. The second kappa shape index (κ2) is 7.61. The normalized spacial score (nSPS) is 10.2. The second-order valence-electron chi connectivity index (χ2n) is 2.69. The Hall–Kier alpha value is -0.660. The average Bonchev–Trinajstić information content (AvgIpc) is 2.74. The summed E-state index contributed by atoms with van der Waals surface area (Å²) in [4.78, 5) is 11.3. The van der Waals surface area contributed by atoms with Gasteiger partial charge in [0.15, 0.2) is 4.34 Å². The molecule has 1 rings (SSSR count). The Labute approximate surface area is 96.6 Å². The SMILES string of the molecule is COCCCNC(=O)CSc1nncs1. The van der Waals surface area contributed by atoms with E-state index in [0.29, 0.717) is 18.9 Å². The summed E-state index contributed by atoms with van der Waals surface area (Å²) in [7, 11) is 1.65. The molecule has 1 aromatic rings. The molecule has 1 amide bonds. The van der Waals surface area contributed by atoms with E-state index in [1.54, 1.807) is 12.6 Å². The van der Waals surface area contributed by atoms with Crippen LogP contribution in [0.1, 0.15) is 6.42 Å². The molecule has 7 heteroatoms. The lowest BCUT2D eigenvalue weighted by molar-refractivity contribution is -0.118. The fraction of sp³-hybridized carbons (Fsp3) is 0.625. The molecule has 0 bridgehead atoms. The average molecular weight is 247 g/mol. The molecule has 0 unspecified atom stereocenters. The number of nitrogens with zero attached hydrogens (tertiary/aromatic N) is 2. The standard InChI is InChI=1S/C8H13N3O2S2/c1-13-4-2-3-9-7(12)5-14-8-11-10-6-15-8/h6H,2-5H2,1H3,(H,9,12). The van der Waals surface area contributed by atoms with E-state index in [1.165, 1.54) is 23.1 Å².